The second kappa shape index (κ2) is 7.61. The highest BCUT2D eigenvalue weighted by atomic mass is 79.9. The van der Waals surface area contributed by atoms with Crippen LogP contribution in [0.15, 0.2) is 64.1 Å². The van der Waals surface area contributed by atoms with Gasteiger partial charge in [0.15, 0.2) is 0 Å². The average molecular weight is 452 g/mol. The van der Waals surface area contributed by atoms with Gasteiger partial charge in [-0.15, -0.1) is 0 Å². The van der Waals surface area contributed by atoms with Gasteiger partial charge in [-0.05, 0) is 61.2 Å². The number of aliphatic hydroxyl groups excluding tert-OH is 1. The SMILES string of the molecule is Cc1cc(C)c([C@@H](O)Cn2ccn3nc(-c4cccc(Br)c4)cc3c2=O)cc1C. The van der Waals surface area contributed by atoms with Crippen molar-refractivity contribution in [3.63, 3.8) is 0 Å². The first-order valence-electron chi connectivity index (χ1n) is 9.44. The molecule has 0 saturated carbocycles. The van der Waals surface area contributed by atoms with E-state index in [4.69, 9.17) is 0 Å². The Morgan fingerprint density at radius 1 is 1.03 bits per heavy atom. The summed E-state index contributed by atoms with van der Waals surface area (Å²) >= 11 is 3.47. The molecular weight excluding hydrogens is 430 g/mol. The third-order valence-corrected chi connectivity index (χ3v) is 5.83. The Balaban J connectivity index is 1.69. The Morgan fingerprint density at radius 2 is 1.79 bits per heavy atom. The van der Waals surface area contributed by atoms with Gasteiger partial charge in [-0.25, -0.2) is 4.52 Å². The first-order valence-corrected chi connectivity index (χ1v) is 10.2. The van der Waals surface area contributed by atoms with Gasteiger partial charge < -0.3 is 9.67 Å². The fourth-order valence-corrected chi connectivity index (χ4v) is 3.98. The van der Waals surface area contributed by atoms with E-state index in [2.05, 4.69) is 34.0 Å². The number of rotatable bonds is 4. The van der Waals surface area contributed by atoms with Crippen LogP contribution in [0.2, 0.25) is 0 Å². The summed E-state index contributed by atoms with van der Waals surface area (Å²) in [5, 5.41) is 15.3. The van der Waals surface area contributed by atoms with Crippen LogP contribution in [0, 0.1) is 20.8 Å². The van der Waals surface area contributed by atoms with E-state index in [0.29, 0.717) is 5.52 Å². The smallest absolute Gasteiger partial charge is 0.276 e. The van der Waals surface area contributed by atoms with E-state index in [0.717, 1.165) is 32.4 Å². The Morgan fingerprint density at radius 3 is 2.55 bits per heavy atom. The minimum atomic E-state index is -0.762. The van der Waals surface area contributed by atoms with Crippen molar-refractivity contribution in [2.24, 2.45) is 0 Å². The fourth-order valence-electron chi connectivity index (χ4n) is 3.59. The van der Waals surface area contributed by atoms with E-state index in [1.165, 1.54) is 5.56 Å². The van der Waals surface area contributed by atoms with Gasteiger partial charge in [-0.2, -0.15) is 5.10 Å². The van der Waals surface area contributed by atoms with Gasteiger partial charge in [0.2, 0.25) is 0 Å². The zero-order valence-corrected chi connectivity index (χ0v) is 18.1. The minimum Gasteiger partial charge on any atom is -0.387 e. The van der Waals surface area contributed by atoms with E-state index in [1.807, 2.05) is 44.2 Å². The number of benzene rings is 2. The summed E-state index contributed by atoms with van der Waals surface area (Å²) < 4.78 is 4.08. The number of hydrogen-bond acceptors (Lipinski definition) is 3. The summed E-state index contributed by atoms with van der Waals surface area (Å²) in [6.45, 7) is 6.26. The number of hydrogen-bond donors (Lipinski definition) is 1. The molecule has 29 heavy (non-hydrogen) atoms. The predicted octanol–water partition coefficient (Wildman–Crippen LogP) is 4.58. The van der Waals surface area contributed by atoms with Crippen LogP contribution in [0.4, 0.5) is 0 Å². The van der Waals surface area contributed by atoms with Gasteiger partial charge in [-0.1, -0.05) is 40.2 Å². The summed E-state index contributed by atoms with van der Waals surface area (Å²) in [6.07, 6.45) is 2.66. The van der Waals surface area contributed by atoms with Crippen LogP contribution in [0.25, 0.3) is 16.8 Å². The largest absolute Gasteiger partial charge is 0.387 e. The molecule has 0 bridgehead atoms. The monoisotopic (exact) mass is 451 g/mol. The second-order valence-corrected chi connectivity index (χ2v) is 8.35. The molecule has 4 aromatic rings. The van der Waals surface area contributed by atoms with Crippen molar-refractivity contribution in [2.45, 2.75) is 33.4 Å². The van der Waals surface area contributed by atoms with E-state index in [9.17, 15) is 9.90 Å². The molecular formula is C23H22BrN3O2. The van der Waals surface area contributed by atoms with Crippen molar-refractivity contribution in [3.05, 3.63) is 91.9 Å². The number of aromatic nitrogens is 3. The fraction of sp³-hybridized carbons (Fsp3) is 0.217. The maximum Gasteiger partial charge on any atom is 0.276 e. The van der Waals surface area contributed by atoms with Crippen molar-refractivity contribution in [1.29, 1.82) is 0 Å². The first kappa shape index (κ1) is 19.6. The van der Waals surface area contributed by atoms with E-state index < -0.39 is 6.10 Å². The topological polar surface area (TPSA) is 59.5 Å². The summed E-state index contributed by atoms with van der Waals surface area (Å²) in [4.78, 5) is 13.0. The molecule has 1 N–H and O–H groups in total. The molecule has 0 aliphatic rings. The highest BCUT2D eigenvalue weighted by Crippen LogP contribution is 2.24. The van der Waals surface area contributed by atoms with Crippen LogP contribution < -0.4 is 5.56 Å². The van der Waals surface area contributed by atoms with Crippen LogP contribution in [0.5, 0.6) is 0 Å². The zero-order chi connectivity index (χ0) is 20.7. The standard InChI is InChI=1S/C23H22BrN3O2/c1-14-9-16(3)19(10-15(14)2)22(28)13-26-7-8-27-21(23(26)29)12-20(25-27)17-5-4-6-18(24)11-17/h4-12,22,28H,13H2,1-3H3/t22-/m0/s1. The molecule has 148 valence electrons. The first-order chi connectivity index (χ1) is 13.8. The van der Waals surface area contributed by atoms with Crippen molar-refractivity contribution in [3.8, 4) is 11.3 Å². The molecule has 0 unspecified atom stereocenters. The quantitative estimate of drug-likeness (QED) is 0.493. The lowest BCUT2D eigenvalue weighted by atomic mass is 9.97. The van der Waals surface area contributed by atoms with Crippen molar-refractivity contribution >= 4 is 21.4 Å². The van der Waals surface area contributed by atoms with E-state index >= 15 is 0 Å². The number of fused-ring (bicyclic) bond motifs is 1. The molecule has 0 radical (unpaired) electrons. The normalized spacial score (nSPS) is 12.4. The van der Waals surface area contributed by atoms with Gasteiger partial charge in [0, 0.05) is 22.4 Å². The maximum atomic E-state index is 13.0. The third-order valence-electron chi connectivity index (χ3n) is 5.33. The van der Waals surface area contributed by atoms with Crippen LogP contribution in [0.1, 0.15) is 28.4 Å². The Bertz CT molecular complexity index is 1270. The molecule has 1 atom stereocenters. The number of halogens is 1. The molecule has 0 aliphatic heterocycles. The van der Waals surface area contributed by atoms with Crippen molar-refractivity contribution < 1.29 is 5.11 Å². The van der Waals surface area contributed by atoms with Gasteiger partial charge in [-0.3, -0.25) is 4.79 Å². The van der Waals surface area contributed by atoms with Gasteiger partial charge in [0.25, 0.3) is 5.56 Å². The number of aryl methyl sites for hydroxylation is 3. The molecule has 6 heteroatoms. The molecule has 2 heterocycles. The molecule has 5 nitrogen and oxygen atoms in total. The number of aliphatic hydroxyl groups is 1. The van der Waals surface area contributed by atoms with Gasteiger partial charge in [0.05, 0.1) is 18.3 Å². The summed E-state index contributed by atoms with van der Waals surface area (Å²) in [5.74, 6) is 0. The lowest BCUT2D eigenvalue weighted by Crippen LogP contribution is -2.24. The highest BCUT2D eigenvalue weighted by Gasteiger charge is 2.15. The number of nitrogens with zero attached hydrogens (tertiary/aromatic N) is 3. The highest BCUT2D eigenvalue weighted by molar-refractivity contribution is 9.10. The van der Waals surface area contributed by atoms with Crippen molar-refractivity contribution in [2.75, 3.05) is 0 Å². The van der Waals surface area contributed by atoms with Crippen molar-refractivity contribution in [1.82, 2.24) is 14.2 Å². The third kappa shape index (κ3) is 3.78. The van der Waals surface area contributed by atoms with E-state index in [-0.39, 0.29) is 12.1 Å². The average Bonchev–Trinajstić information content (AvgIpc) is 3.12. The summed E-state index contributed by atoms with van der Waals surface area (Å²) in [6, 6.07) is 13.7. The molecule has 0 saturated heterocycles. The maximum absolute atomic E-state index is 13.0. The Hall–Kier alpha value is -2.70. The van der Waals surface area contributed by atoms with Crippen LogP contribution >= 0.6 is 15.9 Å². The minimum absolute atomic E-state index is 0.179. The summed E-state index contributed by atoms with van der Waals surface area (Å²) in [7, 11) is 0. The summed E-state index contributed by atoms with van der Waals surface area (Å²) in [5.41, 5.74) is 6.15. The van der Waals surface area contributed by atoms with Gasteiger partial charge >= 0.3 is 0 Å². The molecule has 0 aliphatic carbocycles. The lowest BCUT2D eigenvalue weighted by Gasteiger charge is -2.17. The van der Waals surface area contributed by atoms with E-state index in [1.54, 1.807) is 27.5 Å². The predicted molar refractivity (Wildman–Crippen MR) is 118 cm³/mol. The second-order valence-electron chi connectivity index (χ2n) is 7.43. The molecule has 0 fully saturated rings. The molecule has 0 spiro atoms. The molecule has 2 aromatic carbocycles. The Labute approximate surface area is 177 Å². The molecule has 0 amide bonds. The Kier molecular flexibility index (Phi) is 5.15. The molecule has 4 rings (SSSR count). The van der Waals surface area contributed by atoms with Gasteiger partial charge in [0.1, 0.15) is 5.52 Å². The van der Waals surface area contributed by atoms with Crippen LogP contribution in [-0.2, 0) is 6.54 Å². The van der Waals surface area contributed by atoms with Crippen LogP contribution in [-0.4, -0.2) is 19.3 Å². The molecule has 2 aromatic heterocycles. The lowest BCUT2D eigenvalue weighted by molar-refractivity contribution is 0.154. The van der Waals surface area contributed by atoms with Crippen LogP contribution in [0.3, 0.4) is 0 Å². The zero-order valence-electron chi connectivity index (χ0n) is 16.6.